The maximum absolute atomic E-state index is 12.6. The molecule has 1 aliphatic heterocycles. The van der Waals surface area contributed by atoms with E-state index in [9.17, 15) is 23.3 Å². The van der Waals surface area contributed by atoms with Crippen molar-refractivity contribution in [2.75, 3.05) is 43.9 Å². The molecule has 0 aliphatic carbocycles. The van der Waals surface area contributed by atoms with Gasteiger partial charge in [0.2, 0.25) is 5.91 Å². The molecule has 3 aromatic rings. The van der Waals surface area contributed by atoms with Crippen LogP contribution < -0.4 is 9.64 Å². The summed E-state index contributed by atoms with van der Waals surface area (Å²) < 4.78 is 30.8. The number of benzene rings is 2. The third-order valence-corrected chi connectivity index (χ3v) is 8.59. The van der Waals surface area contributed by atoms with E-state index in [1.807, 2.05) is 0 Å². The van der Waals surface area contributed by atoms with Gasteiger partial charge in [0.1, 0.15) is 5.75 Å². The molecule has 0 bridgehead atoms. The number of nitro groups is 1. The number of anilines is 1. The monoisotopic (exact) mass is 504 g/mol. The second kappa shape index (κ2) is 9.94. The van der Waals surface area contributed by atoms with Crippen molar-refractivity contribution in [3.8, 4) is 5.75 Å². The van der Waals surface area contributed by atoms with Gasteiger partial charge in [-0.2, -0.15) is 0 Å². The van der Waals surface area contributed by atoms with Crippen molar-refractivity contribution < 1.29 is 22.9 Å². The summed E-state index contributed by atoms with van der Waals surface area (Å²) in [6, 6.07) is 10.8. The van der Waals surface area contributed by atoms with E-state index < -0.39 is 14.8 Å². The van der Waals surface area contributed by atoms with Crippen LogP contribution in [-0.2, 0) is 14.6 Å². The Morgan fingerprint density at radius 1 is 1.15 bits per heavy atom. The summed E-state index contributed by atoms with van der Waals surface area (Å²) in [5.74, 6) is 0.424. The Labute approximate surface area is 200 Å². The van der Waals surface area contributed by atoms with E-state index in [4.69, 9.17) is 4.74 Å². The van der Waals surface area contributed by atoms with Gasteiger partial charge >= 0.3 is 0 Å². The Balaban J connectivity index is 1.28. The van der Waals surface area contributed by atoms with Crippen molar-refractivity contribution >= 4 is 48.1 Å². The normalized spacial score (nSPS) is 14.4. The number of nitrogens with zero attached hydrogens (tertiary/aromatic N) is 4. The maximum atomic E-state index is 12.6. The molecule has 1 aliphatic rings. The molecule has 1 aromatic heterocycles. The number of piperazine rings is 1. The minimum atomic E-state index is -3.46. The maximum Gasteiger partial charge on any atom is 0.270 e. The first-order chi connectivity index (χ1) is 16.3. The predicted octanol–water partition coefficient (Wildman–Crippen LogP) is 3.12. The number of fused-ring (bicyclic) bond motifs is 1. The Hall–Kier alpha value is -3.25. The van der Waals surface area contributed by atoms with E-state index in [0.717, 1.165) is 9.83 Å². The van der Waals surface area contributed by atoms with Crippen LogP contribution in [0, 0.1) is 10.1 Å². The molecule has 1 saturated heterocycles. The molecule has 0 unspecified atom stereocenters. The first-order valence-electron chi connectivity index (χ1n) is 10.7. The summed E-state index contributed by atoms with van der Waals surface area (Å²) in [4.78, 5) is 31.8. The number of hydrogen-bond acceptors (Lipinski definition) is 9. The van der Waals surface area contributed by atoms with Crippen LogP contribution in [0.15, 0.2) is 47.4 Å². The number of carbonyl (C=O) groups excluding carboxylic acids is 1. The zero-order valence-electron chi connectivity index (χ0n) is 18.5. The van der Waals surface area contributed by atoms with E-state index in [-0.39, 0.29) is 35.1 Å². The Kier molecular flexibility index (Phi) is 6.98. The van der Waals surface area contributed by atoms with E-state index in [2.05, 4.69) is 9.88 Å². The van der Waals surface area contributed by atoms with Crippen LogP contribution in [-0.4, -0.2) is 68.2 Å². The van der Waals surface area contributed by atoms with Crippen LogP contribution in [0.2, 0.25) is 0 Å². The van der Waals surface area contributed by atoms with Gasteiger partial charge in [0.25, 0.3) is 5.69 Å². The number of amides is 1. The van der Waals surface area contributed by atoms with Crippen molar-refractivity contribution in [2.45, 2.75) is 17.7 Å². The van der Waals surface area contributed by atoms with Crippen molar-refractivity contribution in [3.63, 3.8) is 0 Å². The van der Waals surface area contributed by atoms with Gasteiger partial charge in [-0.25, -0.2) is 13.4 Å². The molecule has 0 atom stereocenters. The van der Waals surface area contributed by atoms with Gasteiger partial charge in [0.15, 0.2) is 15.0 Å². The molecule has 0 spiro atoms. The van der Waals surface area contributed by atoms with Gasteiger partial charge in [-0.05, 0) is 36.8 Å². The zero-order valence-corrected chi connectivity index (χ0v) is 20.2. The van der Waals surface area contributed by atoms with Crippen LogP contribution in [0.4, 0.5) is 10.8 Å². The number of rotatable bonds is 8. The highest BCUT2D eigenvalue weighted by Gasteiger charge is 2.24. The topological polar surface area (TPSA) is 123 Å². The SMILES string of the molecule is COc1ccc(S(=O)(=O)CCCC(=O)N2CCN(c3nc4ccc([N+](=O)[O-])cc4s3)CC2)cc1. The quantitative estimate of drug-likeness (QED) is 0.339. The number of aromatic nitrogens is 1. The summed E-state index contributed by atoms with van der Waals surface area (Å²) in [5, 5.41) is 11.8. The number of ether oxygens (including phenoxy) is 1. The van der Waals surface area contributed by atoms with Crippen LogP contribution in [0.3, 0.4) is 0 Å². The molecule has 0 saturated carbocycles. The highest BCUT2D eigenvalue weighted by atomic mass is 32.2. The number of methoxy groups -OCH3 is 1. The van der Waals surface area contributed by atoms with E-state index >= 15 is 0 Å². The summed E-state index contributed by atoms with van der Waals surface area (Å²) in [6.07, 6.45) is 0.421. The molecular weight excluding hydrogens is 480 g/mol. The smallest absolute Gasteiger partial charge is 0.270 e. The number of carbonyl (C=O) groups is 1. The fourth-order valence-corrected chi connectivity index (χ4v) is 6.13. The first-order valence-corrected chi connectivity index (χ1v) is 13.2. The predicted molar refractivity (Wildman–Crippen MR) is 129 cm³/mol. The molecular formula is C22H24N4O6S2. The Morgan fingerprint density at radius 3 is 2.50 bits per heavy atom. The molecule has 4 rings (SSSR count). The highest BCUT2D eigenvalue weighted by Crippen LogP contribution is 2.32. The van der Waals surface area contributed by atoms with Gasteiger partial charge in [-0.3, -0.25) is 14.9 Å². The minimum absolute atomic E-state index is 0.0344. The molecule has 2 aromatic carbocycles. The lowest BCUT2D eigenvalue weighted by Crippen LogP contribution is -2.48. The van der Waals surface area contributed by atoms with Crippen molar-refractivity contribution in [2.24, 2.45) is 0 Å². The van der Waals surface area contributed by atoms with E-state index in [1.54, 1.807) is 23.1 Å². The Bertz CT molecular complexity index is 1300. The standard InChI is InChI=1S/C22H24N4O6S2/c1-32-17-5-7-18(8-6-17)34(30,31)14-2-3-21(27)24-10-12-25(13-11-24)22-23-19-9-4-16(26(28)29)15-20(19)33-22/h4-9,15H,2-3,10-14H2,1H3. The summed E-state index contributed by atoms with van der Waals surface area (Å²) >= 11 is 1.39. The number of sulfone groups is 1. The van der Waals surface area contributed by atoms with Crippen LogP contribution in [0.25, 0.3) is 10.2 Å². The Morgan fingerprint density at radius 2 is 1.85 bits per heavy atom. The average Bonchev–Trinajstić information content (AvgIpc) is 3.27. The van der Waals surface area contributed by atoms with E-state index in [1.165, 1.54) is 42.7 Å². The van der Waals surface area contributed by atoms with Crippen molar-refractivity contribution in [3.05, 3.63) is 52.6 Å². The fourth-order valence-electron chi connectivity index (χ4n) is 3.77. The molecule has 1 amide bonds. The highest BCUT2D eigenvalue weighted by molar-refractivity contribution is 7.91. The third-order valence-electron chi connectivity index (χ3n) is 5.70. The minimum Gasteiger partial charge on any atom is -0.497 e. The summed E-state index contributed by atoms with van der Waals surface area (Å²) in [5.41, 5.74) is 0.745. The molecule has 180 valence electrons. The lowest BCUT2D eigenvalue weighted by atomic mass is 10.2. The van der Waals surface area contributed by atoms with Crippen LogP contribution in [0.1, 0.15) is 12.8 Å². The van der Waals surface area contributed by atoms with E-state index in [0.29, 0.717) is 37.4 Å². The molecule has 0 N–H and O–H groups in total. The molecule has 12 heteroatoms. The fraction of sp³-hybridized carbons (Fsp3) is 0.364. The summed E-state index contributed by atoms with van der Waals surface area (Å²) in [6.45, 7) is 2.22. The van der Waals surface area contributed by atoms with Gasteiger partial charge in [0, 0.05) is 44.7 Å². The molecule has 0 radical (unpaired) electrons. The lowest BCUT2D eigenvalue weighted by Gasteiger charge is -2.34. The number of nitro benzene ring substituents is 1. The summed E-state index contributed by atoms with van der Waals surface area (Å²) in [7, 11) is -1.95. The van der Waals surface area contributed by atoms with Crippen molar-refractivity contribution in [1.29, 1.82) is 0 Å². The number of hydrogen-bond donors (Lipinski definition) is 0. The molecule has 2 heterocycles. The van der Waals surface area contributed by atoms with Crippen LogP contribution in [0.5, 0.6) is 5.75 Å². The number of thiazole rings is 1. The third kappa shape index (κ3) is 5.28. The second-order valence-electron chi connectivity index (χ2n) is 7.87. The lowest BCUT2D eigenvalue weighted by molar-refractivity contribution is -0.384. The molecule has 34 heavy (non-hydrogen) atoms. The number of non-ortho nitro benzene ring substituents is 1. The van der Waals surface area contributed by atoms with Gasteiger partial charge in [-0.1, -0.05) is 11.3 Å². The second-order valence-corrected chi connectivity index (χ2v) is 11.0. The molecule has 10 nitrogen and oxygen atoms in total. The van der Waals surface area contributed by atoms with Crippen LogP contribution >= 0.6 is 11.3 Å². The zero-order chi connectivity index (χ0) is 24.3. The largest absolute Gasteiger partial charge is 0.497 e. The van der Waals surface area contributed by atoms with Gasteiger partial charge < -0.3 is 14.5 Å². The van der Waals surface area contributed by atoms with Crippen molar-refractivity contribution in [1.82, 2.24) is 9.88 Å². The first kappa shape index (κ1) is 23.9. The van der Waals surface area contributed by atoms with Gasteiger partial charge in [-0.15, -0.1) is 0 Å². The van der Waals surface area contributed by atoms with Gasteiger partial charge in [0.05, 0.1) is 32.9 Å². The molecule has 1 fully saturated rings. The average molecular weight is 505 g/mol.